The van der Waals surface area contributed by atoms with E-state index in [2.05, 4.69) is 424 Å². The summed E-state index contributed by atoms with van der Waals surface area (Å²) in [6.45, 7) is 14.6. The number of hydrogen-bond donors (Lipinski definition) is 0. The van der Waals surface area contributed by atoms with Crippen LogP contribution in [0.3, 0.4) is 0 Å². The average molecular weight is 1950 g/mol. The number of hydrogen-bond acceptors (Lipinski definition) is 3. The summed E-state index contributed by atoms with van der Waals surface area (Å²) in [5.41, 5.74) is 0. The van der Waals surface area contributed by atoms with Gasteiger partial charge >= 0.3 is 84.2 Å². The Hall–Kier alpha value is -6.21. The third-order valence-corrected chi connectivity index (χ3v) is 35.6. The van der Waals surface area contributed by atoms with Crippen LogP contribution >= 0.6 is 56.2 Å². The summed E-state index contributed by atoms with van der Waals surface area (Å²) in [7, 11) is -14.5. The van der Waals surface area contributed by atoms with Crippen molar-refractivity contribution in [2.75, 3.05) is 19.6 Å². The van der Waals surface area contributed by atoms with E-state index in [0.29, 0.717) is 0 Å². The van der Waals surface area contributed by atoms with Gasteiger partial charge in [-0.05, 0) is 109 Å². The Morgan fingerprint density at radius 1 is 0.202 bits per heavy atom. The van der Waals surface area contributed by atoms with Crippen LogP contribution in [0.15, 0.2) is 364 Å². The van der Waals surface area contributed by atoms with E-state index in [1.165, 1.54) is 154 Å². The predicted molar refractivity (Wildman–Crippen MR) is 528 cm³/mol. The molecule has 0 atom stereocenters. The van der Waals surface area contributed by atoms with Crippen molar-refractivity contribution in [1.29, 1.82) is 0 Å². The Labute approximate surface area is 781 Å². The standard InChI is InChI=1S/3C27H27NP2.2C12H21.3Cu.F6P/c3*1-2-23-28(29(24-15-7-3-8-16-24)25-17-9-4-10-18-25)30(26-19-11-5-12-20-26)27-21-13-6-14-22-27;2*1-3-5-7-9-11-12-10-8-6-4-2;;;;1-7(2,3,4,5)6/h3*3-22H,2,23H2,1H3;2*3,5-12H2,1H3;;;;/q;;;2*-1;3*+1;-1. The maximum absolute atomic E-state index is 10.7. The second-order valence-corrected chi connectivity index (χ2v) is 44.6. The summed E-state index contributed by atoms with van der Waals surface area (Å²) in [5.74, 6) is 4.86. The van der Waals surface area contributed by atoms with Crippen molar-refractivity contribution in [2.45, 2.75) is 169 Å². The first-order valence-corrected chi connectivity index (χ1v) is 52.8. The Bertz CT molecular complexity index is 3760. The van der Waals surface area contributed by atoms with Crippen LogP contribution in [0.2, 0.25) is 0 Å². The maximum Gasteiger partial charge on any atom is 1.00 e. The second kappa shape index (κ2) is 62.9. The summed E-state index contributed by atoms with van der Waals surface area (Å²) in [6, 6.07) is 133. The molecule has 12 rings (SSSR count). The van der Waals surface area contributed by atoms with Gasteiger partial charge < -0.3 is 24.7 Å². The van der Waals surface area contributed by atoms with Crippen molar-refractivity contribution in [3.05, 3.63) is 377 Å². The number of benzene rings is 12. The van der Waals surface area contributed by atoms with Crippen LogP contribution in [0.4, 0.5) is 25.2 Å². The monoisotopic (exact) mass is 1950 g/mol. The van der Waals surface area contributed by atoms with Crippen molar-refractivity contribution < 1.29 is 76.4 Å². The van der Waals surface area contributed by atoms with E-state index in [1.807, 2.05) is 0 Å². The molecule has 3 nitrogen and oxygen atoms in total. The van der Waals surface area contributed by atoms with Crippen molar-refractivity contribution in [1.82, 2.24) is 13.3 Å². The SMILES string of the molecule is CCCN(P(c1ccccc1)c1ccccc1)P(c1ccccc1)c1ccccc1.CCCN(P(c1ccccc1)c1ccccc1)P(c1ccccc1)c1ccccc1.CCCN(P(c1ccccc1)c1ccccc1)P(c1ccccc1)c1ccccc1.F[P-](F)(F)(F)(F)F.[C-]#CCCCCCCCCCC.[C-]#CCCCCCCCCCC.[Cu+].[Cu+].[Cu+]. The molecule has 0 aromatic heterocycles. The molecular formula is C105H123Cu3F6N3P7. The van der Waals surface area contributed by atoms with Crippen molar-refractivity contribution in [2.24, 2.45) is 0 Å². The first-order valence-electron chi connectivity index (χ1n) is 43.0. The van der Waals surface area contributed by atoms with Gasteiger partial charge in [-0.1, -0.05) is 488 Å². The zero-order valence-corrected chi connectivity index (χ0v) is 81.3. The molecule has 0 heterocycles. The van der Waals surface area contributed by atoms with Gasteiger partial charge in [0.05, 0.1) is 0 Å². The number of rotatable bonds is 40. The van der Waals surface area contributed by atoms with Gasteiger partial charge in [0.2, 0.25) is 0 Å². The molecule has 0 bridgehead atoms. The molecule has 0 aliphatic carbocycles. The van der Waals surface area contributed by atoms with Gasteiger partial charge in [-0.3, -0.25) is 0 Å². The van der Waals surface area contributed by atoms with Gasteiger partial charge in [0.1, 0.15) is 0 Å². The molecule has 19 heteroatoms. The number of halogens is 6. The first-order chi connectivity index (χ1) is 58.9. The largest absolute Gasteiger partial charge is 1.00 e. The average Bonchev–Trinajstić information content (AvgIpc) is 0.796. The predicted octanol–water partition coefficient (Wildman–Crippen LogP) is 29.0. The third kappa shape index (κ3) is 42.8. The van der Waals surface area contributed by atoms with Crippen molar-refractivity contribution >= 4 is 120 Å². The van der Waals surface area contributed by atoms with Crippen molar-refractivity contribution in [3.63, 3.8) is 0 Å². The van der Waals surface area contributed by atoms with E-state index in [-0.39, 0.29) is 51.2 Å². The van der Waals surface area contributed by atoms with Crippen LogP contribution in [0, 0.1) is 24.7 Å². The first kappa shape index (κ1) is 110. The Morgan fingerprint density at radius 3 is 0.419 bits per heavy atom. The van der Waals surface area contributed by atoms with E-state index < -0.39 is 56.2 Å². The zero-order chi connectivity index (χ0) is 86.3. The summed E-state index contributed by atoms with van der Waals surface area (Å²) in [4.78, 5) is 0. The summed E-state index contributed by atoms with van der Waals surface area (Å²) < 4.78 is 67.6. The molecule has 0 aliphatic rings. The van der Waals surface area contributed by atoms with Crippen LogP contribution < -0.4 is 63.7 Å². The molecule has 0 fully saturated rings. The second-order valence-electron chi connectivity index (χ2n) is 28.9. The molecule has 668 valence electrons. The van der Waals surface area contributed by atoms with Crippen LogP contribution in [0.1, 0.15) is 169 Å². The summed E-state index contributed by atoms with van der Waals surface area (Å²) in [6.07, 6.45) is 40.0. The molecule has 0 radical (unpaired) electrons. The minimum Gasteiger partial charge on any atom is -0.694 e. The molecule has 0 saturated heterocycles. The van der Waals surface area contributed by atoms with E-state index >= 15 is 0 Å². The normalized spacial score (nSPS) is 11.4. The summed E-state index contributed by atoms with van der Waals surface area (Å²) in [5, 5.41) is 16.9. The van der Waals surface area contributed by atoms with Gasteiger partial charge in [0.15, 0.2) is 0 Å². The molecule has 12 aromatic rings. The van der Waals surface area contributed by atoms with Gasteiger partial charge in [0.25, 0.3) is 0 Å². The minimum atomic E-state index is -10.7. The molecule has 0 amide bonds. The number of unbranched alkanes of at least 4 members (excludes halogenated alkanes) is 16. The van der Waals surface area contributed by atoms with Gasteiger partial charge in [-0.25, -0.2) is 13.3 Å². The van der Waals surface area contributed by atoms with Crippen LogP contribution in [-0.2, 0) is 51.2 Å². The Balaban J connectivity index is 0.000000330. The van der Waals surface area contributed by atoms with Gasteiger partial charge in [-0.15, -0.1) is 0 Å². The number of nitrogens with zero attached hydrogens (tertiary/aromatic N) is 3. The maximum atomic E-state index is 9.87. The fourth-order valence-electron chi connectivity index (χ4n) is 13.5. The van der Waals surface area contributed by atoms with Crippen molar-refractivity contribution in [3.8, 4) is 11.8 Å². The molecule has 0 N–H and O–H groups in total. The molecule has 0 unspecified atom stereocenters. The fraction of sp³-hybridized carbons (Fsp3) is 0.276. The van der Waals surface area contributed by atoms with E-state index in [0.717, 1.165) is 64.6 Å². The Morgan fingerprint density at radius 2 is 0.315 bits per heavy atom. The van der Waals surface area contributed by atoms with E-state index in [1.54, 1.807) is 0 Å². The topological polar surface area (TPSA) is 9.72 Å². The molecule has 124 heavy (non-hydrogen) atoms. The third-order valence-electron chi connectivity index (χ3n) is 19.0. The molecular weight excluding hydrogens is 1820 g/mol. The van der Waals surface area contributed by atoms with Crippen LogP contribution in [0.25, 0.3) is 0 Å². The molecule has 0 saturated carbocycles. The smallest absolute Gasteiger partial charge is 0.694 e. The summed E-state index contributed by atoms with van der Waals surface area (Å²) >= 11 is 0. The van der Waals surface area contributed by atoms with Crippen LogP contribution in [-0.4, -0.2) is 33.0 Å². The Kier molecular flexibility index (Phi) is 55.8. The van der Waals surface area contributed by atoms with E-state index in [4.69, 9.17) is 12.8 Å². The van der Waals surface area contributed by atoms with Gasteiger partial charge in [-0.2, -0.15) is 0 Å². The fourth-order valence-corrected chi connectivity index (χ4v) is 32.2. The van der Waals surface area contributed by atoms with E-state index in [9.17, 15) is 25.2 Å². The molecule has 0 spiro atoms. The van der Waals surface area contributed by atoms with Crippen LogP contribution in [0.5, 0.6) is 0 Å². The molecule has 12 aromatic carbocycles. The molecule has 0 aliphatic heterocycles. The quantitative estimate of drug-likeness (QED) is 0.00946. The van der Waals surface area contributed by atoms with Gasteiger partial charge in [0, 0.05) is 68.1 Å². The zero-order valence-electron chi connectivity index (χ0n) is 72.3. The minimum absolute atomic E-state index is 0.